The predicted molar refractivity (Wildman–Crippen MR) is 109 cm³/mol. The molecule has 1 atom stereocenters. The first-order valence-corrected chi connectivity index (χ1v) is 8.44. The Morgan fingerprint density at radius 3 is 1.58 bits per heavy atom. The van der Waals surface area contributed by atoms with Crippen LogP contribution in [0.25, 0.3) is 12.2 Å². The van der Waals surface area contributed by atoms with E-state index in [1.165, 1.54) is 11.1 Å². The molecule has 0 saturated heterocycles. The minimum absolute atomic E-state index is 1.14. The monoisotopic (exact) mass is 329 g/mol. The van der Waals surface area contributed by atoms with Crippen LogP contribution in [0.3, 0.4) is 0 Å². The number of nitrogens with zero attached hydrogens (tertiary/aromatic N) is 1. The Morgan fingerprint density at radius 2 is 1.00 bits per heavy atom. The first-order valence-electron chi connectivity index (χ1n) is 7.93. The van der Waals surface area contributed by atoms with Crippen LogP contribution in [0, 0.1) is 0 Å². The topological polar surface area (TPSA) is 3.24 Å². The van der Waals surface area contributed by atoms with Crippen LogP contribution in [0.4, 0.5) is 11.4 Å². The molecular formula is C22H20NP. The van der Waals surface area contributed by atoms with Crippen LogP contribution in [0.5, 0.6) is 0 Å². The molecule has 0 bridgehead atoms. The molecule has 0 aliphatic heterocycles. The van der Waals surface area contributed by atoms with Crippen LogP contribution in [0.2, 0.25) is 0 Å². The number of hydrogen-bond acceptors (Lipinski definition) is 1. The van der Waals surface area contributed by atoms with Gasteiger partial charge in [-0.05, 0) is 44.8 Å². The minimum Gasteiger partial charge on any atom is -0.326 e. The Hall–Kier alpha value is -2.63. The van der Waals surface area contributed by atoms with Crippen molar-refractivity contribution < 1.29 is 0 Å². The lowest BCUT2D eigenvalue weighted by Gasteiger charge is -2.19. The Bertz CT molecular complexity index is 806. The molecule has 0 fully saturated rings. The second-order valence-corrected chi connectivity index (χ2v) is 5.94. The van der Waals surface area contributed by atoms with E-state index in [9.17, 15) is 0 Å². The highest BCUT2D eigenvalue weighted by molar-refractivity contribution is 7.19. The average molecular weight is 329 g/mol. The maximum atomic E-state index is 2.76. The zero-order valence-corrected chi connectivity index (χ0v) is 14.6. The molecule has 0 aromatic heterocycles. The average Bonchev–Trinajstić information content (AvgIpc) is 2.67. The first kappa shape index (κ1) is 16.2. The van der Waals surface area contributed by atoms with E-state index in [-0.39, 0.29) is 0 Å². The summed E-state index contributed by atoms with van der Waals surface area (Å²) < 4.78 is 2.10. The first-order chi connectivity index (χ1) is 11.8. The molecule has 2 heteroatoms. The molecule has 3 rings (SSSR count). The van der Waals surface area contributed by atoms with Crippen LogP contribution in [-0.4, -0.2) is 0 Å². The van der Waals surface area contributed by atoms with E-state index in [0.29, 0.717) is 0 Å². The van der Waals surface area contributed by atoms with Gasteiger partial charge in [-0.1, -0.05) is 85.0 Å². The van der Waals surface area contributed by atoms with Gasteiger partial charge in [-0.3, -0.25) is 0 Å². The SMILES string of the molecule is PN(c1ccccc1)c1ccc(/C=C/C=C/c2ccccc2)cc1. The summed E-state index contributed by atoms with van der Waals surface area (Å²) in [5.41, 5.74) is 4.68. The van der Waals surface area contributed by atoms with Gasteiger partial charge in [0.2, 0.25) is 0 Å². The third-order valence-corrected chi connectivity index (χ3v) is 4.29. The molecule has 24 heavy (non-hydrogen) atoms. The van der Waals surface area contributed by atoms with Crippen LogP contribution in [-0.2, 0) is 0 Å². The second-order valence-electron chi connectivity index (χ2n) is 5.43. The van der Waals surface area contributed by atoms with Gasteiger partial charge < -0.3 is 4.67 Å². The maximum absolute atomic E-state index is 2.76. The van der Waals surface area contributed by atoms with Gasteiger partial charge in [-0.15, -0.1) is 0 Å². The Kier molecular flexibility index (Phi) is 5.61. The van der Waals surface area contributed by atoms with Crippen LogP contribution in [0.15, 0.2) is 97.1 Å². The number of rotatable bonds is 5. The molecule has 0 spiro atoms. The molecular weight excluding hydrogens is 309 g/mol. The standard InChI is InChI=1S/C22H20NP/c24-23(21-13-5-2-6-14-21)22-17-15-20(16-18-22)12-8-7-11-19-9-3-1-4-10-19/h1-18H,24H2/b11-7+,12-8+. The lowest BCUT2D eigenvalue weighted by molar-refractivity contribution is 1.43. The van der Waals surface area contributed by atoms with Crippen molar-refractivity contribution in [1.29, 1.82) is 0 Å². The molecule has 0 aliphatic carbocycles. The van der Waals surface area contributed by atoms with Crippen molar-refractivity contribution in [3.63, 3.8) is 0 Å². The number of hydrogen-bond donors (Lipinski definition) is 0. The highest BCUT2D eigenvalue weighted by atomic mass is 31.0. The number of anilines is 2. The Morgan fingerprint density at radius 1 is 0.542 bits per heavy atom. The largest absolute Gasteiger partial charge is 0.326 e. The summed E-state index contributed by atoms with van der Waals surface area (Å²) in [5.74, 6) is 0. The maximum Gasteiger partial charge on any atom is 0.0441 e. The van der Waals surface area contributed by atoms with Crippen LogP contribution < -0.4 is 4.67 Å². The third kappa shape index (κ3) is 4.44. The molecule has 3 aromatic carbocycles. The lowest BCUT2D eigenvalue weighted by Crippen LogP contribution is -1.99. The summed E-state index contributed by atoms with van der Waals surface area (Å²) in [5, 5.41) is 0. The minimum atomic E-state index is 1.14. The molecule has 1 unspecified atom stereocenters. The number of para-hydroxylation sites is 1. The van der Waals surface area contributed by atoms with Gasteiger partial charge in [0.1, 0.15) is 0 Å². The number of benzene rings is 3. The predicted octanol–water partition coefficient (Wildman–Crippen LogP) is 6.34. The van der Waals surface area contributed by atoms with Crippen LogP contribution >= 0.6 is 9.39 Å². The molecule has 0 saturated carbocycles. The van der Waals surface area contributed by atoms with E-state index in [0.717, 1.165) is 11.4 Å². The zero-order chi connectivity index (χ0) is 16.6. The summed E-state index contributed by atoms with van der Waals surface area (Å²) >= 11 is 0. The van der Waals surface area contributed by atoms with Crippen molar-refractivity contribution in [3.8, 4) is 0 Å². The van der Waals surface area contributed by atoms with E-state index in [4.69, 9.17) is 0 Å². The van der Waals surface area contributed by atoms with Crippen molar-refractivity contribution in [2.75, 3.05) is 4.67 Å². The van der Waals surface area contributed by atoms with Crippen molar-refractivity contribution in [2.45, 2.75) is 0 Å². The fourth-order valence-electron chi connectivity index (χ4n) is 2.38. The van der Waals surface area contributed by atoms with E-state index in [1.807, 2.05) is 36.4 Å². The highest BCUT2D eigenvalue weighted by Crippen LogP contribution is 2.28. The van der Waals surface area contributed by atoms with Gasteiger partial charge in [0.15, 0.2) is 0 Å². The summed E-state index contributed by atoms with van der Waals surface area (Å²) in [4.78, 5) is 0. The summed E-state index contributed by atoms with van der Waals surface area (Å²) in [6.07, 6.45) is 8.34. The van der Waals surface area contributed by atoms with Gasteiger partial charge in [0.25, 0.3) is 0 Å². The molecule has 3 aromatic rings. The Labute approximate surface area is 146 Å². The fourth-order valence-corrected chi connectivity index (χ4v) is 2.73. The van der Waals surface area contributed by atoms with E-state index < -0.39 is 0 Å². The van der Waals surface area contributed by atoms with Gasteiger partial charge in [-0.2, -0.15) is 0 Å². The van der Waals surface area contributed by atoms with Gasteiger partial charge >= 0.3 is 0 Å². The van der Waals surface area contributed by atoms with E-state index >= 15 is 0 Å². The van der Waals surface area contributed by atoms with Gasteiger partial charge in [-0.25, -0.2) is 0 Å². The van der Waals surface area contributed by atoms with Gasteiger partial charge in [0, 0.05) is 11.4 Å². The van der Waals surface area contributed by atoms with Crippen molar-refractivity contribution in [1.82, 2.24) is 0 Å². The zero-order valence-electron chi connectivity index (χ0n) is 13.4. The van der Waals surface area contributed by atoms with Crippen molar-refractivity contribution in [3.05, 3.63) is 108 Å². The molecule has 0 radical (unpaired) electrons. The molecule has 118 valence electrons. The van der Waals surface area contributed by atoms with Crippen LogP contribution in [0.1, 0.15) is 11.1 Å². The molecule has 0 amide bonds. The Balaban J connectivity index is 1.64. The summed E-state index contributed by atoms with van der Waals surface area (Å²) in [7, 11) is 2.76. The quantitative estimate of drug-likeness (QED) is 0.390. The van der Waals surface area contributed by atoms with Crippen molar-refractivity contribution >= 4 is 32.9 Å². The summed E-state index contributed by atoms with van der Waals surface area (Å²) in [6, 6.07) is 29.1. The van der Waals surface area contributed by atoms with Gasteiger partial charge in [0.05, 0.1) is 0 Å². The summed E-state index contributed by atoms with van der Waals surface area (Å²) in [6.45, 7) is 0. The lowest BCUT2D eigenvalue weighted by atomic mass is 10.1. The second kappa shape index (κ2) is 8.29. The fraction of sp³-hybridized carbons (Fsp3) is 0. The van der Waals surface area contributed by atoms with Crippen molar-refractivity contribution in [2.24, 2.45) is 0 Å². The molecule has 1 nitrogen and oxygen atoms in total. The molecule has 0 heterocycles. The number of allylic oxidation sites excluding steroid dienone is 2. The highest BCUT2D eigenvalue weighted by Gasteiger charge is 2.02. The smallest absolute Gasteiger partial charge is 0.0441 e. The third-order valence-electron chi connectivity index (χ3n) is 3.69. The van der Waals surface area contributed by atoms with E-state index in [2.05, 4.69) is 86.9 Å². The van der Waals surface area contributed by atoms with E-state index in [1.54, 1.807) is 0 Å². The molecule has 0 aliphatic rings. The molecule has 0 N–H and O–H groups in total. The normalized spacial score (nSPS) is 11.2.